The molecule has 3 nitrogen and oxygen atoms in total. The molecule has 13 heavy (non-hydrogen) atoms. The first-order valence-corrected chi connectivity index (χ1v) is 4.92. The maximum absolute atomic E-state index is 4.18. The summed E-state index contributed by atoms with van der Waals surface area (Å²) in [7, 11) is 0. The van der Waals surface area contributed by atoms with Gasteiger partial charge in [-0.3, -0.25) is 0 Å². The first-order valence-electron chi connectivity index (χ1n) is 4.92. The van der Waals surface area contributed by atoms with Crippen LogP contribution in [0.15, 0.2) is 12.4 Å². The van der Waals surface area contributed by atoms with E-state index < -0.39 is 0 Å². The highest BCUT2D eigenvalue weighted by molar-refractivity contribution is 4.97. The van der Waals surface area contributed by atoms with Gasteiger partial charge in [0, 0.05) is 31.0 Å². The molecule has 0 saturated heterocycles. The van der Waals surface area contributed by atoms with E-state index >= 15 is 0 Å². The van der Waals surface area contributed by atoms with Gasteiger partial charge in [0.05, 0.1) is 0 Å². The molecule has 72 valence electrons. The molecule has 0 radical (unpaired) electrons. The van der Waals surface area contributed by atoms with Crippen molar-refractivity contribution in [2.24, 2.45) is 0 Å². The molecule has 1 saturated carbocycles. The Labute approximate surface area is 79.2 Å². The lowest BCUT2D eigenvalue weighted by atomic mass is 10.3. The summed E-state index contributed by atoms with van der Waals surface area (Å²) < 4.78 is 2.18. The van der Waals surface area contributed by atoms with E-state index in [1.165, 1.54) is 12.8 Å². The van der Waals surface area contributed by atoms with E-state index in [-0.39, 0.29) is 0 Å². The lowest BCUT2D eigenvalue weighted by molar-refractivity contribution is 0.501. The van der Waals surface area contributed by atoms with Crippen LogP contribution in [0, 0.1) is 6.92 Å². The Hall–Kier alpha value is -0.830. The monoisotopic (exact) mass is 179 g/mol. The van der Waals surface area contributed by atoms with Crippen molar-refractivity contribution in [2.75, 3.05) is 6.54 Å². The van der Waals surface area contributed by atoms with E-state index in [1.807, 2.05) is 19.3 Å². The first-order chi connectivity index (χ1) is 6.20. The van der Waals surface area contributed by atoms with Gasteiger partial charge >= 0.3 is 0 Å². The van der Waals surface area contributed by atoms with Crippen LogP contribution in [0.4, 0.5) is 0 Å². The van der Waals surface area contributed by atoms with Crippen LogP contribution in [0.2, 0.25) is 0 Å². The fraction of sp³-hybridized carbons (Fsp3) is 0.700. The van der Waals surface area contributed by atoms with Crippen LogP contribution in [0.3, 0.4) is 0 Å². The molecule has 1 aromatic heterocycles. The molecule has 0 atom stereocenters. The van der Waals surface area contributed by atoms with Gasteiger partial charge in [-0.1, -0.05) is 0 Å². The Morgan fingerprint density at radius 3 is 2.92 bits per heavy atom. The molecule has 1 fully saturated rings. The summed E-state index contributed by atoms with van der Waals surface area (Å²) in [6.07, 6.45) is 6.55. The number of nitrogens with one attached hydrogen (secondary N) is 1. The Kier molecular flexibility index (Phi) is 2.12. The quantitative estimate of drug-likeness (QED) is 0.755. The van der Waals surface area contributed by atoms with Gasteiger partial charge in [-0.2, -0.15) is 0 Å². The van der Waals surface area contributed by atoms with Crippen molar-refractivity contribution in [1.82, 2.24) is 14.9 Å². The molecule has 1 aliphatic carbocycles. The maximum atomic E-state index is 4.18. The van der Waals surface area contributed by atoms with Crippen molar-refractivity contribution >= 4 is 0 Å². The molecule has 0 aromatic carbocycles. The Morgan fingerprint density at radius 1 is 1.62 bits per heavy atom. The van der Waals surface area contributed by atoms with Crippen molar-refractivity contribution in [3.63, 3.8) is 0 Å². The first kappa shape index (κ1) is 8.75. The fourth-order valence-electron chi connectivity index (χ4n) is 1.48. The normalized spacial score (nSPS) is 18.9. The summed E-state index contributed by atoms with van der Waals surface area (Å²) in [6.45, 7) is 6.40. The summed E-state index contributed by atoms with van der Waals surface area (Å²) in [5, 5.41) is 3.55. The van der Waals surface area contributed by atoms with E-state index in [4.69, 9.17) is 0 Å². The zero-order valence-electron chi connectivity index (χ0n) is 8.38. The van der Waals surface area contributed by atoms with E-state index in [0.717, 1.165) is 18.9 Å². The van der Waals surface area contributed by atoms with Crippen LogP contribution in [0.1, 0.15) is 25.6 Å². The molecule has 0 unspecified atom stereocenters. The Balaban J connectivity index is 1.77. The third-order valence-corrected chi connectivity index (χ3v) is 2.83. The topological polar surface area (TPSA) is 29.9 Å². The fourth-order valence-corrected chi connectivity index (χ4v) is 1.48. The molecule has 0 spiro atoms. The second-order valence-corrected chi connectivity index (χ2v) is 4.16. The van der Waals surface area contributed by atoms with E-state index in [0.29, 0.717) is 5.54 Å². The molecular weight excluding hydrogens is 162 g/mol. The minimum atomic E-state index is 0.453. The Bertz CT molecular complexity index is 286. The molecule has 1 heterocycles. The van der Waals surface area contributed by atoms with Gasteiger partial charge in [0.1, 0.15) is 5.82 Å². The van der Waals surface area contributed by atoms with Crippen LogP contribution in [0.25, 0.3) is 0 Å². The summed E-state index contributed by atoms with van der Waals surface area (Å²) in [4.78, 5) is 4.18. The molecule has 3 heteroatoms. The zero-order valence-corrected chi connectivity index (χ0v) is 8.38. The van der Waals surface area contributed by atoms with E-state index in [9.17, 15) is 0 Å². The van der Waals surface area contributed by atoms with Gasteiger partial charge in [-0.25, -0.2) is 4.98 Å². The van der Waals surface area contributed by atoms with Crippen molar-refractivity contribution in [3.8, 4) is 0 Å². The van der Waals surface area contributed by atoms with Crippen molar-refractivity contribution in [2.45, 2.75) is 38.8 Å². The number of aryl methyl sites for hydroxylation is 1. The number of imidazole rings is 1. The van der Waals surface area contributed by atoms with Gasteiger partial charge in [0.15, 0.2) is 0 Å². The van der Waals surface area contributed by atoms with Gasteiger partial charge < -0.3 is 9.88 Å². The summed E-state index contributed by atoms with van der Waals surface area (Å²) in [6, 6.07) is 0. The molecule has 1 aliphatic rings. The largest absolute Gasteiger partial charge is 0.334 e. The van der Waals surface area contributed by atoms with Crippen molar-refractivity contribution in [3.05, 3.63) is 18.2 Å². The highest BCUT2D eigenvalue weighted by Crippen LogP contribution is 2.33. The SMILES string of the molecule is Cc1nccn1CCNC1(C)CC1. The van der Waals surface area contributed by atoms with Gasteiger partial charge in [0.2, 0.25) is 0 Å². The summed E-state index contributed by atoms with van der Waals surface area (Å²) in [5.74, 6) is 1.10. The average molecular weight is 179 g/mol. The molecule has 1 aromatic rings. The lowest BCUT2D eigenvalue weighted by Gasteiger charge is -2.11. The number of nitrogens with zero attached hydrogens (tertiary/aromatic N) is 2. The van der Waals surface area contributed by atoms with E-state index in [2.05, 4.69) is 21.8 Å². The lowest BCUT2D eigenvalue weighted by Crippen LogP contribution is -2.31. The van der Waals surface area contributed by atoms with Gasteiger partial charge in [-0.05, 0) is 26.7 Å². The number of rotatable bonds is 4. The highest BCUT2D eigenvalue weighted by atomic mass is 15.1. The maximum Gasteiger partial charge on any atom is 0.105 e. The minimum Gasteiger partial charge on any atom is -0.334 e. The third kappa shape index (κ3) is 2.10. The van der Waals surface area contributed by atoms with Crippen molar-refractivity contribution < 1.29 is 0 Å². The van der Waals surface area contributed by atoms with Crippen molar-refractivity contribution in [1.29, 1.82) is 0 Å². The van der Waals surface area contributed by atoms with Crippen LogP contribution in [-0.4, -0.2) is 21.6 Å². The van der Waals surface area contributed by atoms with Gasteiger partial charge in [0.25, 0.3) is 0 Å². The zero-order chi connectivity index (χ0) is 9.31. The predicted molar refractivity (Wildman–Crippen MR) is 52.6 cm³/mol. The number of hydrogen-bond acceptors (Lipinski definition) is 2. The summed E-state index contributed by atoms with van der Waals surface area (Å²) in [5.41, 5.74) is 0.453. The second-order valence-electron chi connectivity index (χ2n) is 4.16. The molecule has 2 rings (SSSR count). The smallest absolute Gasteiger partial charge is 0.105 e. The van der Waals surface area contributed by atoms with E-state index in [1.54, 1.807) is 0 Å². The van der Waals surface area contributed by atoms with Crippen LogP contribution in [0.5, 0.6) is 0 Å². The minimum absolute atomic E-state index is 0.453. The third-order valence-electron chi connectivity index (χ3n) is 2.83. The standard InChI is InChI=1S/C10H17N3/c1-9-11-5-7-13(9)8-6-12-10(2)3-4-10/h5,7,12H,3-4,6,8H2,1-2H3. The number of hydrogen-bond donors (Lipinski definition) is 1. The highest BCUT2D eigenvalue weighted by Gasteiger charge is 2.36. The van der Waals surface area contributed by atoms with Crippen LogP contribution < -0.4 is 5.32 Å². The van der Waals surface area contributed by atoms with Crippen LogP contribution in [-0.2, 0) is 6.54 Å². The predicted octanol–water partition coefficient (Wildman–Crippen LogP) is 1.33. The number of aromatic nitrogens is 2. The second kappa shape index (κ2) is 3.14. The average Bonchev–Trinajstić information content (AvgIpc) is 2.68. The molecule has 0 amide bonds. The van der Waals surface area contributed by atoms with Crippen LogP contribution >= 0.6 is 0 Å². The molecular formula is C10H17N3. The molecule has 1 N–H and O–H groups in total. The summed E-state index contributed by atoms with van der Waals surface area (Å²) >= 11 is 0. The molecule has 0 aliphatic heterocycles. The Morgan fingerprint density at radius 2 is 2.38 bits per heavy atom. The molecule has 0 bridgehead atoms. The van der Waals surface area contributed by atoms with Gasteiger partial charge in [-0.15, -0.1) is 0 Å².